The summed E-state index contributed by atoms with van der Waals surface area (Å²) in [7, 11) is 0. The van der Waals surface area contributed by atoms with E-state index in [0.717, 1.165) is 13.0 Å². The van der Waals surface area contributed by atoms with Crippen LogP contribution in [0.4, 0.5) is 0 Å². The van der Waals surface area contributed by atoms with Gasteiger partial charge in [-0.2, -0.15) is 0 Å². The summed E-state index contributed by atoms with van der Waals surface area (Å²) < 4.78 is 4.88. The average Bonchev–Trinajstić information content (AvgIpc) is 2.03. The van der Waals surface area contributed by atoms with Crippen molar-refractivity contribution in [3.05, 3.63) is 0 Å². The Labute approximate surface area is 67.1 Å². The molecule has 1 N–H and O–H groups in total. The molecule has 0 aliphatic carbocycles. The lowest BCUT2D eigenvalue weighted by Crippen LogP contribution is -2.37. The summed E-state index contributed by atoms with van der Waals surface area (Å²) in [6, 6.07) is 0.396. The summed E-state index contributed by atoms with van der Waals surface area (Å²) in [5, 5.41) is 3.30. The molecule has 0 spiro atoms. The molecule has 11 heavy (non-hydrogen) atoms. The molecule has 0 saturated carbocycles. The largest absolute Gasteiger partial charge is 0.464 e. The second-order valence-corrected chi connectivity index (χ2v) is 2.95. The third kappa shape index (κ3) is 3.37. The fourth-order valence-corrected chi connectivity index (χ4v) is 1.28. The summed E-state index contributed by atoms with van der Waals surface area (Å²) in [6.45, 7) is 3.05. The van der Waals surface area contributed by atoms with Crippen molar-refractivity contribution in [2.45, 2.75) is 32.2 Å². The van der Waals surface area contributed by atoms with Crippen LogP contribution < -0.4 is 5.32 Å². The van der Waals surface area contributed by atoms with Gasteiger partial charge in [-0.05, 0) is 19.4 Å². The Hall–Kier alpha value is -0.570. The molecule has 0 aromatic heterocycles. The highest BCUT2D eigenvalue weighted by atomic mass is 16.5. The first-order chi connectivity index (χ1) is 5.29. The second kappa shape index (κ2) is 4.34. The van der Waals surface area contributed by atoms with Crippen LogP contribution in [0.2, 0.25) is 0 Å². The molecule has 3 heteroatoms. The number of carbonyl (C=O) groups is 1. The molecule has 0 bridgehead atoms. The average molecular weight is 157 g/mol. The first kappa shape index (κ1) is 8.53. The van der Waals surface area contributed by atoms with Gasteiger partial charge < -0.3 is 10.1 Å². The number of piperidine rings is 1. The molecule has 0 radical (unpaired) electrons. The topological polar surface area (TPSA) is 38.3 Å². The van der Waals surface area contributed by atoms with E-state index < -0.39 is 0 Å². The number of rotatable bonds is 2. The predicted octanol–water partition coefficient (Wildman–Crippen LogP) is 0.692. The van der Waals surface area contributed by atoms with Gasteiger partial charge in [0, 0.05) is 13.0 Å². The van der Waals surface area contributed by atoms with Crippen LogP contribution in [0, 0.1) is 0 Å². The highest BCUT2D eigenvalue weighted by Crippen LogP contribution is 2.06. The quantitative estimate of drug-likeness (QED) is 0.599. The lowest BCUT2D eigenvalue weighted by Gasteiger charge is -2.22. The van der Waals surface area contributed by atoms with E-state index in [2.05, 4.69) is 5.32 Å². The Bertz CT molecular complexity index is 130. The molecule has 1 aliphatic heterocycles. The zero-order valence-electron chi connectivity index (χ0n) is 6.93. The molecular formula is C8H15NO2. The first-order valence-electron chi connectivity index (χ1n) is 4.16. The standard InChI is InChI=1S/C8H15NO2/c1-7(10)11-6-8-4-2-3-5-9-8/h8-9H,2-6H2,1H3. The van der Waals surface area contributed by atoms with Crippen LogP contribution in [0.25, 0.3) is 0 Å². The van der Waals surface area contributed by atoms with Gasteiger partial charge in [0.1, 0.15) is 6.61 Å². The second-order valence-electron chi connectivity index (χ2n) is 2.95. The van der Waals surface area contributed by atoms with Gasteiger partial charge >= 0.3 is 5.97 Å². The molecule has 1 rings (SSSR count). The number of ether oxygens (including phenoxy) is 1. The highest BCUT2D eigenvalue weighted by molar-refractivity contribution is 5.65. The number of carbonyl (C=O) groups excluding carboxylic acids is 1. The van der Waals surface area contributed by atoms with E-state index in [1.165, 1.54) is 19.8 Å². The third-order valence-electron chi connectivity index (χ3n) is 1.90. The van der Waals surface area contributed by atoms with Gasteiger partial charge in [0.25, 0.3) is 0 Å². The molecule has 1 unspecified atom stereocenters. The summed E-state index contributed by atoms with van der Waals surface area (Å²) in [4.78, 5) is 10.4. The number of esters is 1. The Balaban J connectivity index is 2.09. The van der Waals surface area contributed by atoms with Gasteiger partial charge in [0.15, 0.2) is 0 Å². The molecule has 1 saturated heterocycles. The van der Waals surface area contributed by atoms with Crippen molar-refractivity contribution in [3.63, 3.8) is 0 Å². The minimum atomic E-state index is -0.183. The van der Waals surface area contributed by atoms with Crippen molar-refractivity contribution in [1.82, 2.24) is 5.32 Å². The summed E-state index contributed by atoms with van der Waals surface area (Å²) in [5.74, 6) is -0.183. The van der Waals surface area contributed by atoms with Crippen LogP contribution in [-0.2, 0) is 9.53 Å². The number of hydrogen-bond acceptors (Lipinski definition) is 3. The predicted molar refractivity (Wildman–Crippen MR) is 42.3 cm³/mol. The Morgan fingerprint density at radius 3 is 3.00 bits per heavy atom. The molecule has 0 aromatic rings. The summed E-state index contributed by atoms with van der Waals surface area (Å²) in [5.41, 5.74) is 0. The van der Waals surface area contributed by atoms with Crippen LogP contribution in [0.15, 0.2) is 0 Å². The van der Waals surface area contributed by atoms with E-state index in [4.69, 9.17) is 4.74 Å². The molecule has 0 aromatic carbocycles. The first-order valence-corrected chi connectivity index (χ1v) is 4.16. The van der Waals surface area contributed by atoms with Crippen molar-refractivity contribution in [2.75, 3.05) is 13.2 Å². The zero-order chi connectivity index (χ0) is 8.10. The summed E-state index contributed by atoms with van der Waals surface area (Å²) >= 11 is 0. The molecule has 64 valence electrons. The lowest BCUT2D eigenvalue weighted by atomic mass is 10.1. The zero-order valence-corrected chi connectivity index (χ0v) is 6.93. The monoisotopic (exact) mass is 157 g/mol. The van der Waals surface area contributed by atoms with Crippen molar-refractivity contribution in [1.29, 1.82) is 0 Å². The van der Waals surface area contributed by atoms with Gasteiger partial charge in [-0.1, -0.05) is 6.42 Å². The van der Waals surface area contributed by atoms with Crippen LogP contribution >= 0.6 is 0 Å². The normalized spacial score (nSPS) is 24.6. The molecule has 3 nitrogen and oxygen atoms in total. The van der Waals surface area contributed by atoms with Crippen LogP contribution in [0.1, 0.15) is 26.2 Å². The van der Waals surface area contributed by atoms with Crippen molar-refractivity contribution in [3.8, 4) is 0 Å². The lowest BCUT2D eigenvalue weighted by molar-refractivity contribution is -0.141. The Kier molecular flexibility index (Phi) is 3.36. The van der Waals surface area contributed by atoms with E-state index >= 15 is 0 Å². The fraction of sp³-hybridized carbons (Fsp3) is 0.875. The van der Waals surface area contributed by atoms with E-state index in [0.29, 0.717) is 12.6 Å². The molecule has 1 heterocycles. The van der Waals surface area contributed by atoms with Crippen molar-refractivity contribution >= 4 is 5.97 Å². The fourth-order valence-electron chi connectivity index (χ4n) is 1.28. The Morgan fingerprint density at radius 2 is 2.45 bits per heavy atom. The number of nitrogens with one attached hydrogen (secondary N) is 1. The Morgan fingerprint density at radius 1 is 1.64 bits per heavy atom. The molecule has 1 aliphatic rings. The van der Waals surface area contributed by atoms with Gasteiger partial charge in [-0.15, -0.1) is 0 Å². The SMILES string of the molecule is CC(=O)OCC1CCCCN1. The van der Waals surface area contributed by atoms with E-state index in [1.807, 2.05) is 0 Å². The van der Waals surface area contributed by atoms with Crippen molar-refractivity contribution < 1.29 is 9.53 Å². The minimum Gasteiger partial charge on any atom is -0.464 e. The van der Waals surface area contributed by atoms with Gasteiger partial charge in [0.05, 0.1) is 0 Å². The highest BCUT2D eigenvalue weighted by Gasteiger charge is 2.12. The van der Waals surface area contributed by atoms with E-state index in [9.17, 15) is 4.79 Å². The maximum absolute atomic E-state index is 10.4. The van der Waals surface area contributed by atoms with E-state index in [-0.39, 0.29) is 5.97 Å². The molecule has 0 amide bonds. The summed E-state index contributed by atoms with van der Waals surface area (Å²) in [6.07, 6.45) is 3.63. The van der Waals surface area contributed by atoms with Crippen molar-refractivity contribution in [2.24, 2.45) is 0 Å². The van der Waals surface area contributed by atoms with Gasteiger partial charge in [-0.25, -0.2) is 0 Å². The number of hydrogen-bond donors (Lipinski definition) is 1. The molecule has 1 fully saturated rings. The smallest absolute Gasteiger partial charge is 0.302 e. The van der Waals surface area contributed by atoms with Crippen LogP contribution in [-0.4, -0.2) is 25.2 Å². The minimum absolute atomic E-state index is 0.183. The van der Waals surface area contributed by atoms with Crippen LogP contribution in [0.5, 0.6) is 0 Å². The van der Waals surface area contributed by atoms with Gasteiger partial charge in [0.2, 0.25) is 0 Å². The van der Waals surface area contributed by atoms with Crippen LogP contribution in [0.3, 0.4) is 0 Å². The van der Waals surface area contributed by atoms with E-state index in [1.54, 1.807) is 0 Å². The van der Waals surface area contributed by atoms with Gasteiger partial charge in [-0.3, -0.25) is 4.79 Å². The third-order valence-corrected chi connectivity index (χ3v) is 1.90. The maximum Gasteiger partial charge on any atom is 0.302 e. The molecular weight excluding hydrogens is 142 g/mol. The molecule has 1 atom stereocenters. The maximum atomic E-state index is 10.4.